The van der Waals surface area contributed by atoms with Crippen LogP contribution in [0, 0.1) is 6.92 Å². The number of hydrogen-bond donors (Lipinski definition) is 2. The second kappa shape index (κ2) is 9.64. The second-order valence-electron chi connectivity index (χ2n) is 7.98. The maximum atomic E-state index is 12.6. The number of carbonyl (C=O) groups is 2. The third kappa shape index (κ3) is 5.23. The number of para-hydroxylation sites is 1. The minimum atomic E-state index is -0.0883. The van der Waals surface area contributed by atoms with E-state index in [2.05, 4.69) is 15.3 Å². The number of ether oxygens (including phenoxy) is 1. The van der Waals surface area contributed by atoms with Crippen molar-refractivity contribution in [1.82, 2.24) is 20.2 Å². The molecule has 2 N–H and O–H groups in total. The van der Waals surface area contributed by atoms with Crippen LogP contribution >= 0.6 is 0 Å². The lowest BCUT2D eigenvalue weighted by Crippen LogP contribution is -2.46. The number of likely N-dealkylation sites (tertiary alicyclic amines) is 1. The fraction of sp³-hybridized carbons (Fsp3) is 0.375. The molecule has 0 atom stereocenters. The number of H-pyrrole nitrogens is 1. The van der Waals surface area contributed by atoms with Crippen molar-refractivity contribution in [2.75, 3.05) is 19.7 Å². The van der Waals surface area contributed by atoms with Crippen LogP contribution in [0.25, 0.3) is 11.0 Å². The molecule has 1 aromatic heterocycles. The predicted octanol–water partition coefficient (Wildman–Crippen LogP) is 3.45. The Labute approximate surface area is 181 Å². The third-order valence-electron chi connectivity index (χ3n) is 5.75. The van der Waals surface area contributed by atoms with Crippen LogP contribution < -0.4 is 10.1 Å². The fourth-order valence-electron chi connectivity index (χ4n) is 3.90. The summed E-state index contributed by atoms with van der Waals surface area (Å²) >= 11 is 0. The Kier molecular flexibility index (Phi) is 6.50. The predicted molar refractivity (Wildman–Crippen MR) is 119 cm³/mol. The Morgan fingerprint density at radius 2 is 2.00 bits per heavy atom. The number of carbonyl (C=O) groups excluding carboxylic acids is 2. The number of fused-ring (bicyclic) bond motifs is 1. The first kappa shape index (κ1) is 20.9. The zero-order valence-electron chi connectivity index (χ0n) is 17.8. The number of aromatic nitrogens is 2. The van der Waals surface area contributed by atoms with Crippen LogP contribution in [0.4, 0.5) is 0 Å². The summed E-state index contributed by atoms with van der Waals surface area (Å²) in [5, 5.41) is 3.10. The van der Waals surface area contributed by atoms with E-state index in [4.69, 9.17) is 4.74 Å². The van der Waals surface area contributed by atoms with E-state index in [1.165, 1.54) is 0 Å². The molecule has 7 nitrogen and oxygen atoms in total. The van der Waals surface area contributed by atoms with Gasteiger partial charge in [0.15, 0.2) is 0 Å². The number of imidazole rings is 1. The number of amides is 2. The molecule has 0 radical (unpaired) electrons. The molecular formula is C24H28N4O3. The highest BCUT2D eigenvalue weighted by atomic mass is 16.5. The fourth-order valence-corrected chi connectivity index (χ4v) is 3.90. The first-order valence-electron chi connectivity index (χ1n) is 10.8. The van der Waals surface area contributed by atoms with Crippen LogP contribution in [0.3, 0.4) is 0 Å². The van der Waals surface area contributed by atoms with Gasteiger partial charge in [-0.3, -0.25) is 9.59 Å². The highest BCUT2D eigenvalue weighted by Crippen LogP contribution is 2.18. The summed E-state index contributed by atoms with van der Waals surface area (Å²) in [6.45, 7) is 3.88. The molecule has 1 aliphatic heterocycles. The van der Waals surface area contributed by atoms with Crippen LogP contribution in [0.2, 0.25) is 0 Å². The first-order chi connectivity index (χ1) is 15.1. The van der Waals surface area contributed by atoms with Gasteiger partial charge in [-0.1, -0.05) is 18.2 Å². The third-order valence-corrected chi connectivity index (χ3v) is 5.75. The average molecular weight is 421 g/mol. The highest BCUT2D eigenvalue weighted by Gasteiger charge is 2.24. The van der Waals surface area contributed by atoms with Gasteiger partial charge >= 0.3 is 0 Å². The summed E-state index contributed by atoms with van der Waals surface area (Å²) in [5.41, 5.74) is 3.40. The molecule has 3 aromatic rings. The standard InChI is InChI=1S/C24H28N4O3/c1-17-5-2-3-6-22(17)31-14-4-7-23(29)28-12-10-19(11-13-28)27-24(30)18-8-9-20-21(15-18)26-16-25-20/h2-3,5-6,8-9,15-16,19H,4,7,10-14H2,1H3,(H,25,26)(H,27,30). The van der Waals surface area contributed by atoms with Gasteiger partial charge in [0.25, 0.3) is 5.91 Å². The van der Waals surface area contributed by atoms with E-state index in [1.54, 1.807) is 12.4 Å². The molecule has 0 unspecified atom stereocenters. The van der Waals surface area contributed by atoms with Crippen molar-refractivity contribution in [2.45, 2.75) is 38.6 Å². The Hall–Kier alpha value is -3.35. The highest BCUT2D eigenvalue weighted by molar-refractivity contribution is 5.97. The molecule has 0 bridgehead atoms. The van der Waals surface area contributed by atoms with Gasteiger partial charge in [0.1, 0.15) is 5.75 Å². The average Bonchev–Trinajstić information content (AvgIpc) is 3.26. The molecule has 31 heavy (non-hydrogen) atoms. The molecule has 2 heterocycles. The number of benzene rings is 2. The number of nitrogens with zero attached hydrogens (tertiary/aromatic N) is 2. The molecule has 0 spiro atoms. The van der Waals surface area contributed by atoms with E-state index >= 15 is 0 Å². The molecule has 2 amide bonds. The molecule has 162 valence electrons. The van der Waals surface area contributed by atoms with Crippen LogP contribution in [-0.2, 0) is 4.79 Å². The van der Waals surface area contributed by atoms with Crippen molar-refractivity contribution in [3.63, 3.8) is 0 Å². The summed E-state index contributed by atoms with van der Waals surface area (Å²) in [6, 6.07) is 13.4. The van der Waals surface area contributed by atoms with E-state index < -0.39 is 0 Å². The summed E-state index contributed by atoms with van der Waals surface area (Å²) in [5.74, 6) is 0.940. The van der Waals surface area contributed by atoms with Gasteiger partial charge in [0.2, 0.25) is 5.91 Å². The van der Waals surface area contributed by atoms with E-state index in [-0.39, 0.29) is 17.9 Å². The summed E-state index contributed by atoms with van der Waals surface area (Å²) < 4.78 is 5.77. The van der Waals surface area contributed by atoms with Crippen LogP contribution in [0.1, 0.15) is 41.6 Å². The molecule has 4 rings (SSSR count). The minimum absolute atomic E-state index is 0.0819. The monoisotopic (exact) mass is 420 g/mol. The Morgan fingerprint density at radius 1 is 1.19 bits per heavy atom. The molecule has 2 aromatic carbocycles. The number of aromatic amines is 1. The number of aryl methyl sites for hydroxylation is 1. The Balaban J connectivity index is 1.18. The summed E-state index contributed by atoms with van der Waals surface area (Å²) in [6.07, 6.45) is 4.33. The van der Waals surface area contributed by atoms with Gasteiger partial charge in [-0.2, -0.15) is 0 Å². The quantitative estimate of drug-likeness (QED) is 0.573. The van der Waals surface area contributed by atoms with Crippen molar-refractivity contribution in [3.8, 4) is 5.75 Å². The van der Waals surface area contributed by atoms with Crippen LogP contribution in [0.15, 0.2) is 48.8 Å². The maximum absolute atomic E-state index is 12.6. The molecule has 0 aliphatic carbocycles. The maximum Gasteiger partial charge on any atom is 0.251 e. The minimum Gasteiger partial charge on any atom is -0.493 e. The summed E-state index contributed by atoms with van der Waals surface area (Å²) in [7, 11) is 0. The molecule has 1 aliphatic rings. The number of rotatable bonds is 7. The van der Waals surface area contributed by atoms with Crippen molar-refractivity contribution in [1.29, 1.82) is 0 Å². The van der Waals surface area contributed by atoms with Crippen molar-refractivity contribution < 1.29 is 14.3 Å². The van der Waals surface area contributed by atoms with Crippen molar-refractivity contribution in [2.24, 2.45) is 0 Å². The molecule has 7 heteroatoms. The van der Waals surface area contributed by atoms with Gasteiger partial charge < -0.3 is 19.9 Å². The zero-order chi connectivity index (χ0) is 21.6. The molecule has 1 saturated heterocycles. The number of hydrogen-bond acceptors (Lipinski definition) is 4. The van der Waals surface area contributed by atoms with E-state index in [1.807, 2.05) is 48.2 Å². The lowest BCUT2D eigenvalue weighted by Gasteiger charge is -2.32. The first-order valence-corrected chi connectivity index (χ1v) is 10.8. The molecular weight excluding hydrogens is 392 g/mol. The van der Waals surface area contributed by atoms with Gasteiger partial charge in [0.05, 0.1) is 24.0 Å². The smallest absolute Gasteiger partial charge is 0.251 e. The second-order valence-corrected chi connectivity index (χ2v) is 7.98. The van der Waals surface area contributed by atoms with E-state index in [0.29, 0.717) is 38.1 Å². The van der Waals surface area contributed by atoms with Crippen LogP contribution in [-0.4, -0.2) is 52.4 Å². The van der Waals surface area contributed by atoms with Gasteiger partial charge in [-0.25, -0.2) is 4.98 Å². The molecule has 1 fully saturated rings. The number of piperidine rings is 1. The zero-order valence-corrected chi connectivity index (χ0v) is 17.8. The van der Waals surface area contributed by atoms with E-state index in [0.717, 1.165) is 35.2 Å². The van der Waals surface area contributed by atoms with Gasteiger partial charge in [0, 0.05) is 31.1 Å². The van der Waals surface area contributed by atoms with Crippen LogP contribution in [0.5, 0.6) is 5.75 Å². The number of nitrogens with one attached hydrogen (secondary N) is 2. The lowest BCUT2D eigenvalue weighted by molar-refractivity contribution is -0.132. The topological polar surface area (TPSA) is 87.3 Å². The van der Waals surface area contributed by atoms with Crippen molar-refractivity contribution >= 4 is 22.8 Å². The molecule has 0 saturated carbocycles. The summed E-state index contributed by atoms with van der Waals surface area (Å²) in [4.78, 5) is 34.2. The largest absolute Gasteiger partial charge is 0.493 e. The lowest BCUT2D eigenvalue weighted by atomic mass is 10.0. The van der Waals surface area contributed by atoms with Gasteiger partial charge in [-0.15, -0.1) is 0 Å². The van der Waals surface area contributed by atoms with E-state index in [9.17, 15) is 9.59 Å². The van der Waals surface area contributed by atoms with Crippen molar-refractivity contribution in [3.05, 3.63) is 59.9 Å². The Bertz CT molecular complexity index is 1050. The van der Waals surface area contributed by atoms with Gasteiger partial charge in [-0.05, 0) is 56.0 Å². The normalized spacial score (nSPS) is 14.5. The Morgan fingerprint density at radius 3 is 2.81 bits per heavy atom. The SMILES string of the molecule is Cc1ccccc1OCCCC(=O)N1CCC(NC(=O)c2ccc3nc[nH]c3c2)CC1.